The lowest BCUT2D eigenvalue weighted by atomic mass is 9.76. The van der Waals surface area contributed by atoms with E-state index in [4.69, 9.17) is 9.84 Å². The number of benzene rings is 2. The normalized spacial score (nSPS) is 26.1. The molecule has 0 unspecified atom stereocenters. The van der Waals surface area contributed by atoms with Crippen molar-refractivity contribution in [2.24, 2.45) is 5.92 Å². The van der Waals surface area contributed by atoms with Gasteiger partial charge >= 0.3 is 5.97 Å². The maximum atomic E-state index is 14.7. The highest BCUT2D eigenvalue weighted by Gasteiger charge is 2.43. The zero-order chi connectivity index (χ0) is 19.7. The number of carboxylic acids is 1. The molecule has 3 N–H and O–H groups in total. The van der Waals surface area contributed by atoms with Crippen LogP contribution in [0.15, 0.2) is 46.9 Å². The number of carboxylic acid groups (broad SMARTS) is 1. The minimum atomic E-state index is -0.893. The van der Waals surface area contributed by atoms with Crippen molar-refractivity contribution in [2.45, 2.75) is 31.1 Å². The highest BCUT2D eigenvalue weighted by atomic mass is 79.9. The summed E-state index contributed by atoms with van der Waals surface area (Å²) in [6.45, 7) is 0.365. The van der Waals surface area contributed by atoms with Crippen molar-refractivity contribution in [1.82, 2.24) is 5.32 Å². The Morgan fingerprint density at radius 1 is 1.29 bits per heavy atom. The molecule has 4 atom stereocenters. The van der Waals surface area contributed by atoms with Crippen molar-refractivity contribution in [3.8, 4) is 0 Å². The Morgan fingerprint density at radius 3 is 2.82 bits per heavy atom. The first-order chi connectivity index (χ1) is 13.5. The van der Waals surface area contributed by atoms with Gasteiger partial charge in [-0.05, 0) is 30.5 Å². The van der Waals surface area contributed by atoms with E-state index in [-0.39, 0.29) is 36.5 Å². The van der Waals surface area contributed by atoms with Gasteiger partial charge in [-0.1, -0.05) is 46.3 Å². The second-order valence-electron chi connectivity index (χ2n) is 7.33. The number of aliphatic carboxylic acids is 1. The molecule has 7 heteroatoms. The molecule has 0 bridgehead atoms. The zero-order valence-corrected chi connectivity index (χ0v) is 16.8. The zero-order valence-electron chi connectivity index (χ0n) is 15.2. The molecule has 0 radical (unpaired) electrons. The molecule has 4 rings (SSSR count). The molecule has 2 aliphatic heterocycles. The molecular weight excluding hydrogens is 427 g/mol. The number of hydrogen-bond acceptors (Lipinski definition) is 4. The van der Waals surface area contributed by atoms with Crippen LogP contribution in [-0.2, 0) is 9.53 Å². The minimum absolute atomic E-state index is 0.0395. The van der Waals surface area contributed by atoms with Gasteiger partial charge in [-0.25, -0.2) is 4.39 Å². The van der Waals surface area contributed by atoms with Crippen molar-refractivity contribution in [2.75, 3.05) is 18.4 Å². The topological polar surface area (TPSA) is 70.6 Å². The van der Waals surface area contributed by atoms with Gasteiger partial charge in [-0.15, -0.1) is 0 Å². The second kappa shape index (κ2) is 8.19. The fraction of sp³-hybridized carbons (Fsp3) is 0.381. The summed E-state index contributed by atoms with van der Waals surface area (Å²) in [4.78, 5) is 10.7. The number of carbonyl (C=O) groups is 1. The van der Waals surface area contributed by atoms with Crippen LogP contribution in [0.3, 0.4) is 0 Å². The van der Waals surface area contributed by atoms with Crippen molar-refractivity contribution >= 4 is 27.6 Å². The van der Waals surface area contributed by atoms with Gasteiger partial charge in [0.05, 0.1) is 30.5 Å². The Balaban J connectivity index is 1.64. The summed E-state index contributed by atoms with van der Waals surface area (Å²) < 4.78 is 21.8. The second-order valence-corrected chi connectivity index (χ2v) is 8.24. The van der Waals surface area contributed by atoms with Crippen LogP contribution in [-0.4, -0.2) is 30.3 Å². The Morgan fingerprint density at radius 2 is 2.07 bits per heavy atom. The smallest absolute Gasteiger partial charge is 0.317 e. The van der Waals surface area contributed by atoms with Gasteiger partial charge in [0.2, 0.25) is 0 Å². The number of hydrogen-bond donors (Lipinski definition) is 3. The van der Waals surface area contributed by atoms with Gasteiger partial charge in [-0.2, -0.15) is 0 Å². The van der Waals surface area contributed by atoms with Crippen molar-refractivity contribution in [3.05, 3.63) is 63.9 Å². The predicted octanol–water partition coefficient (Wildman–Crippen LogP) is 4.27. The van der Waals surface area contributed by atoms with Crippen molar-refractivity contribution in [3.63, 3.8) is 0 Å². The molecular formula is C21H22BrFN2O3. The average molecular weight is 449 g/mol. The molecule has 2 heterocycles. The molecule has 0 spiro atoms. The molecule has 0 aliphatic carbocycles. The van der Waals surface area contributed by atoms with Crippen molar-refractivity contribution < 1.29 is 19.0 Å². The van der Waals surface area contributed by atoms with Gasteiger partial charge in [0.15, 0.2) is 0 Å². The number of rotatable bonds is 5. The lowest BCUT2D eigenvalue weighted by Crippen LogP contribution is -2.43. The summed E-state index contributed by atoms with van der Waals surface area (Å²) in [5, 5.41) is 15.2. The van der Waals surface area contributed by atoms with Crippen LogP contribution >= 0.6 is 15.9 Å². The third-order valence-electron chi connectivity index (χ3n) is 5.48. The first kappa shape index (κ1) is 19.4. The Bertz CT molecular complexity index is 864. The summed E-state index contributed by atoms with van der Waals surface area (Å²) in [5.74, 6) is -1.03. The molecule has 2 aromatic rings. The average Bonchev–Trinajstić information content (AvgIpc) is 2.68. The summed E-state index contributed by atoms with van der Waals surface area (Å²) in [7, 11) is 0. The van der Waals surface area contributed by atoms with Gasteiger partial charge in [0.25, 0.3) is 0 Å². The monoisotopic (exact) mass is 448 g/mol. The predicted molar refractivity (Wildman–Crippen MR) is 108 cm³/mol. The highest BCUT2D eigenvalue weighted by molar-refractivity contribution is 9.10. The maximum Gasteiger partial charge on any atom is 0.317 e. The SMILES string of the molecule is O=C(O)CNC[C@H]1CC[C@@H]2[C@H](O1)c1cc(Br)cc(F)c1N[C@H]2c1ccccc1. The summed E-state index contributed by atoms with van der Waals surface area (Å²) in [5.41, 5.74) is 2.40. The first-order valence-corrected chi connectivity index (χ1v) is 10.2. The molecule has 0 amide bonds. The quantitative estimate of drug-likeness (QED) is 0.637. The Kier molecular flexibility index (Phi) is 5.66. The van der Waals surface area contributed by atoms with Crippen molar-refractivity contribution in [1.29, 1.82) is 0 Å². The minimum Gasteiger partial charge on any atom is -0.480 e. The van der Waals surface area contributed by atoms with Gasteiger partial charge in [-0.3, -0.25) is 4.79 Å². The van der Waals surface area contributed by atoms with E-state index in [2.05, 4.69) is 38.7 Å². The Hall–Kier alpha value is -1.96. The number of anilines is 1. The highest BCUT2D eigenvalue weighted by Crippen LogP contribution is 2.51. The molecule has 1 saturated heterocycles. The number of fused-ring (bicyclic) bond motifs is 3. The third kappa shape index (κ3) is 3.92. The van der Waals surface area contributed by atoms with E-state index in [9.17, 15) is 9.18 Å². The van der Waals surface area contributed by atoms with Crippen LogP contribution in [0.5, 0.6) is 0 Å². The number of ether oxygens (including phenoxy) is 1. The lowest BCUT2D eigenvalue weighted by molar-refractivity contribution is -0.136. The van der Waals surface area contributed by atoms with E-state index < -0.39 is 5.97 Å². The fourth-order valence-electron chi connectivity index (χ4n) is 4.27. The van der Waals surface area contributed by atoms with Crippen LogP contribution in [0, 0.1) is 11.7 Å². The summed E-state index contributed by atoms with van der Waals surface area (Å²) in [6, 6.07) is 13.4. The van der Waals surface area contributed by atoms with Gasteiger partial charge in [0, 0.05) is 22.5 Å². The molecule has 0 aromatic heterocycles. The molecule has 2 aliphatic rings. The molecule has 28 heavy (non-hydrogen) atoms. The van der Waals surface area contributed by atoms with Crippen LogP contribution < -0.4 is 10.6 Å². The van der Waals surface area contributed by atoms with Crippen LogP contribution in [0.2, 0.25) is 0 Å². The standard InChI is InChI=1S/C21H22BrFN2O3/c22-13-8-16-20(17(23)9-13)25-19(12-4-2-1-3-5-12)15-7-6-14(28-21(15)16)10-24-11-18(26)27/h1-5,8-9,14-15,19,21,24-25H,6-7,10-11H2,(H,26,27)/t14-,15+,19+,21+/m1/s1. The largest absolute Gasteiger partial charge is 0.480 e. The van der Waals surface area contributed by atoms with E-state index in [1.165, 1.54) is 6.07 Å². The van der Waals surface area contributed by atoms with E-state index >= 15 is 0 Å². The van der Waals surface area contributed by atoms with Crippen LogP contribution in [0.25, 0.3) is 0 Å². The van der Waals surface area contributed by atoms with E-state index in [1.54, 1.807) is 0 Å². The Labute approximate surface area is 171 Å². The van der Waals surface area contributed by atoms with E-state index in [0.717, 1.165) is 24.0 Å². The van der Waals surface area contributed by atoms with Gasteiger partial charge in [0.1, 0.15) is 5.82 Å². The number of nitrogens with one attached hydrogen (secondary N) is 2. The molecule has 0 saturated carbocycles. The fourth-order valence-corrected chi connectivity index (χ4v) is 4.71. The van der Waals surface area contributed by atoms with E-state index in [1.807, 2.05) is 24.3 Å². The van der Waals surface area contributed by atoms with Gasteiger partial charge < -0.3 is 20.5 Å². The first-order valence-electron chi connectivity index (χ1n) is 9.41. The van der Waals surface area contributed by atoms with Crippen LogP contribution in [0.4, 0.5) is 10.1 Å². The van der Waals surface area contributed by atoms with E-state index in [0.29, 0.717) is 16.7 Å². The number of halogens is 2. The molecule has 2 aromatic carbocycles. The third-order valence-corrected chi connectivity index (χ3v) is 5.93. The molecule has 1 fully saturated rings. The molecule has 148 valence electrons. The summed E-state index contributed by atoms with van der Waals surface area (Å²) in [6.07, 6.45) is 1.37. The maximum absolute atomic E-state index is 14.7. The lowest BCUT2D eigenvalue weighted by Gasteiger charge is -2.45. The summed E-state index contributed by atoms with van der Waals surface area (Å²) >= 11 is 3.39. The molecule has 5 nitrogen and oxygen atoms in total. The van der Waals surface area contributed by atoms with Crippen LogP contribution in [0.1, 0.15) is 36.1 Å².